The van der Waals surface area contributed by atoms with Crippen molar-refractivity contribution >= 4 is 27.4 Å². The van der Waals surface area contributed by atoms with Crippen molar-refractivity contribution in [2.45, 2.75) is 38.5 Å². The van der Waals surface area contributed by atoms with Gasteiger partial charge in [-0.15, -0.1) is 0 Å². The molecule has 0 bridgehead atoms. The molecule has 2 N–H and O–H groups in total. The van der Waals surface area contributed by atoms with Crippen molar-refractivity contribution in [1.82, 2.24) is 9.78 Å². The topological polar surface area (TPSA) is 105 Å². The molecular weight excluding hydrogens is 440 g/mol. The molecule has 0 spiro atoms. The van der Waals surface area contributed by atoms with Crippen LogP contribution < -0.4 is 9.62 Å². The van der Waals surface area contributed by atoms with E-state index in [-0.39, 0.29) is 16.1 Å². The van der Waals surface area contributed by atoms with E-state index in [0.29, 0.717) is 17.8 Å². The molecule has 0 saturated carbocycles. The Kier molecular flexibility index (Phi) is 7.12. The van der Waals surface area contributed by atoms with Gasteiger partial charge in [0.05, 0.1) is 27.5 Å². The van der Waals surface area contributed by atoms with Crippen LogP contribution in [0.25, 0.3) is 0 Å². The summed E-state index contributed by atoms with van der Waals surface area (Å²) in [6, 6.07) is 11.2. The van der Waals surface area contributed by atoms with E-state index in [9.17, 15) is 18.3 Å². The highest BCUT2D eigenvalue weighted by atomic mass is 32.2. The van der Waals surface area contributed by atoms with Crippen LogP contribution in [0.15, 0.2) is 47.4 Å². The number of hydrogen-bond acceptors (Lipinski definition) is 5. The van der Waals surface area contributed by atoms with Gasteiger partial charge in [0.2, 0.25) is 0 Å². The first-order valence-electron chi connectivity index (χ1n) is 10.7. The number of benzene rings is 2. The van der Waals surface area contributed by atoms with Gasteiger partial charge in [-0.3, -0.25) is 9.40 Å². The monoisotopic (exact) mass is 470 g/mol. The standard InChI is InChI=1S/C24H30N4O4S/c1-16-9-6-7-11-23(16)33(31,32)26-21-15-19(24(29)30)12-13-22(21)27(4)14-8-10-20-17(2)25-28(5)18(20)3/h6-7,9,11-13,15,26H,8,10,14H2,1-5H3,(H,29,30). The number of sulfonamides is 1. The normalized spacial score (nSPS) is 11.4. The molecule has 1 heterocycles. The quantitative estimate of drug-likeness (QED) is 0.491. The lowest BCUT2D eigenvalue weighted by Crippen LogP contribution is -2.23. The molecule has 0 saturated heterocycles. The molecule has 0 radical (unpaired) electrons. The highest BCUT2D eigenvalue weighted by Gasteiger charge is 2.21. The van der Waals surface area contributed by atoms with Gasteiger partial charge in [-0.05, 0) is 69.0 Å². The van der Waals surface area contributed by atoms with Gasteiger partial charge < -0.3 is 10.0 Å². The summed E-state index contributed by atoms with van der Waals surface area (Å²) in [6.07, 6.45) is 1.67. The van der Waals surface area contributed by atoms with Gasteiger partial charge in [0.1, 0.15) is 0 Å². The minimum Gasteiger partial charge on any atom is -0.478 e. The lowest BCUT2D eigenvalue weighted by molar-refractivity contribution is 0.0697. The molecule has 0 amide bonds. The van der Waals surface area contributed by atoms with Gasteiger partial charge in [-0.1, -0.05) is 18.2 Å². The third kappa shape index (κ3) is 5.36. The van der Waals surface area contributed by atoms with Gasteiger partial charge in [0.15, 0.2) is 0 Å². The predicted molar refractivity (Wildman–Crippen MR) is 130 cm³/mol. The fraction of sp³-hybridized carbons (Fsp3) is 0.333. The summed E-state index contributed by atoms with van der Waals surface area (Å²) < 4.78 is 30.6. The number of aromatic nitrogens is 2. The number of aryl methyl sites for hydroxylation is 3. The van der Waals surface area contributed by atoms with Gasteiger partial charge >= 0.3 is 5.97 Å². The van der Waals surface area contributed by atoms with E-state index in [4.69, 9.17) is 0 Å². The summed E-state index contributed by atoms with van der Waals surface area (Å²) in [5.41, 5.74) is 4.81. The third-order valence-corrected chi connectivity index (χ3v) is 7.39. The smallest absolute Gasteiger partial charge is 0.335 e. The Hall–Kier alpha value is -3.33. The van der Waals surface area contributed by atoms with Crippen molar-refractivity contribution < 1.29 is 18.3 Å². The molecule has 0 aliphatic rings. The van der Waals surface area contributed by atoms with E-state index in [0.717, 1.165) is 24.2 Å². The summed E-state index contributed by atoms with van der Waals surface area (Å²) in [5, 5.41) is 13.9. The highest BCUT2D eigenvalue weighted by molar-refractivity contribution is 7.92. The minimum absolute atomic E-state index is 0.0104. The number of anilines is 2. The van der Waals surface area contributed by atoms with Crippen molar-refractivity contribution in [2.75, 3.05) is 23.2 Å². The highest BCUT2D eigenvalue weighted by Crippen LogP contribution is 2.30. The maximum atomic E-state index is 13.1. The number of nitrogens with one attached hydrogen (secondary N) is 1. The van der Waals surface area contributed by atoms with Crippen molar-refractivity contribution in [1.29, 1.82) is 0 Å². The Morgan fingerprint density at radius 2 is 1.85 bits per heavy atom. The molecule has 3 rings (SSSR count). The molecule has 0 fully saturated rings. The first kappa shape index (κ1) is 24.3. The second kappa shape index (κ2) is 9.66. The van der Waals surface area contributed by atoms with Crippen LogP contribution in [-0.4, -0.2) is 42.9 Å². The van der Waals surface area contributed by atoms with E-state index in [1.54, 1.807) is 31.2 Å². The van der Waals surface area contributed by atoms with Crippen molar-refractivity contribution in [2.24, 2.45) is 7.05 Å². The van der Waals surface area contributed by atoms with E-state index in [1.807, 2.05) is 37.5 Å². The average Bonchev–Trinajstić information content (AvgIpc) is 2.99. The Morgan fingerprint density at radius 3 is 2.45 bits per heavy atom. The van der Waals surface area contributed by atoms with Crippen molar-refractivity contribution in [3.05, 3.63) is 70.5 Å². The number of hydrogen-bond donors (Lipinski definition) is 2. The molecule has 8 nitrogen and oxygen atoms in total. The van der Waals surface area contributed by atoms with Crippen LogP contribution in [0.2, 0.25) is 0 Å². The van der Waals surface area contributed by atoms with Crippen molar-refractivity contribution in [3.63, 3.8) is 0 Å². The average molecular weight is 471 g/mol. The second-order valence-electron chi connectivity index (χ2n) is 8.21. The summed E-state index contributed by atoms with van der Waals surface area (Å²) >= 11 is 0. The first-order chi connectivity index (χ1) is 15.5. The molecule has 0 aliphatic heterocycles. The Bertz CT molecular complexity index is 1280. The van der Waals surface area contributed by atoms with Crippen LogP contribution in [0.3, 0.4) is 0 Å². The molecular formula is C24H30N4O4S. The van der Waals surface area contributed by atoms with Crippen LogP contribution in [-0.2, 0) is 23.5 Å². The van der Waals surface area contributed by atoms with Gasteiger partial charge in [0.25, 0.3) is 10.0 Å². The number of aromatic carboxylic acids is 1. The van der Waals surface area contributed by atoms with E-state index < -0.39 is 16.0 Å². The summed E-state index contributed by atoms with van der Waals surface area (Å²) in [5.74, 6) is -1.12. The zero-order chi connectivity index (χ0) is 24.3. The predicted octanol–water partition coefficient (Wildman–Crippen LogP) is 3.91. The molecule has 176 valence electrons. The van der Waals surface area contributed by atoms with Gasteiger partial charge in [-0.25, -0.2) is 13.2 Å². The fourth-order valence-electron chi connectivity index (χ4n) is 3.93. The van der Waals surface area contributed by atoms with E-state index >= 15 is 0 Å². The van der Waals surface area contributed by atoms with Crippen LogP contribution in [0.5, 0.6) is 0 Å². The molecule has 3 aromatic rings. The summed E-state index contributed by atoms with van der Waals surface area (Å²) in [6.45, 7) is 6.41. The molecule has 0 atom stereocenters. The van der Waals surface area contributed by atoms with E-state index in [2.05, 4.69) is 9.82 Å². The molecule has 2 aromatic carbocycles. The Morgan fingerprint density at radius 1 is 1.15 bits per heavy atom. The van der Waals surface area contributed by atoms with Gasteiger partial charge in [0, 0.05) is 26.3 Å². The lowest BCUT2D eigenvalue weighted by atomic mass is 10.1. The molecule has 1 aromatic heterocycles. The lowest BCUT2D eigenvalue weighted by Gasteiger charge is -2.23. The summed E-state index contributed by atoms with van der Waals surface area (Å²) in [4.78, 5) is 13.6. The van der Waals surface area contributed by atoms with Crippen LogP contribution in [0.1, 0.15) is 39.3 Å². The Labute approximate surface area is 194 Å². The second-order valence-corrected chi connectivity index (χ2v) is 9.86. The number of carboxylic acids is 1. The van der Waals surface area contributed by atoms with E-state index in [1.165, 1.54) is 23.8 Å². The zero-order valence-corrected chi connectivity index (χ0v) is 20.4. The molecule has 0 unspecified atom stereocenters. The van der Waals surface area contributed by atoms with Crippen LogP contribution in [0.4, 0.5) is 11.4 Å². The Balaban J connectivity index is 1.85. The first-order valence-corrected chi connectivity index (χ1v) is 12.2. The minimum atomic E-state index is -3.90. The van der Waals surface area contributed by atoms with Crippen molar-refractivity contribution in [3.8, 4) is 0 Å². The fourth-order valence-corrected chi connectivity index (χ4v) is 5.25. The van der Waals surface area contributed by atoms with Gasteiger partial charge in [-0.2, -0.15) is 5.10 Å². The maximum Gasteiger partial charge on any atom is 0.335 e. The number of carbonyl (C=O) groups is 1. The maximum absolute atomic E-state index is 13.1. The molecule has 9 heteroatoms. The number of nitrogens with zero attached hydrogens (tertiary/aromatic N) is 3. The molecule has 0 aliphatic carbocycles. The largest absolute Gasteiger partial charge is 0.478 e. The SMILES string of the molecule is Cc1ccccc1S(=O)(=O)Nc1cc(C(=O)O)ccc1N(C)CCCc1c(C)nn(C)c1C. The number of carboxylic acid groups (broad SMARTS) is 1. The van der Waals surface area contributed by atoms with Crippen LogP contribution in [0, 0.1) is 20.8 Å². The van der Waals surface area contributed by atoms with Crippen LogP contribution >= 0.6 is 0 Å². The summed E-state index contributed by atoms with van der Waals surface area (Å²) in [7, 11) is -0.104. The molecule has 33 heavy (non-hydrogen) atoms. The zero-order valence-electron chi connectivity index (χ0n) is 19.6. The third-order valence-electron chi connectivity index (χ3n) is 5.86. The number of rotatable bonds is 9.